The van der Waals surface area contributed by atoms with Crippen molar-refractivity contribution < 1.29 is 15.0 Å². The quantitative estimate of drug-likeness (QED) is 0.864. The molecule has 2 N–H and O–H groups in total. The molecule has 1 fully saturated rings. The Labute approximate surface area is 133 Å². The molecule has 116 valence electrons. The number of aromatic hydroxyl groups is 1. The number of piperazine rings is 1. The average Bonchev–Trinajstić information content (AvgIpc) is 2.37. The molecule has 0 saturated carbocycles. The molecule has 1 aliphatic rings. The molecule has 0 bridgehead atoms. The molecule has 1 amide bonds. The lowest BCUT2D eigenvalue weighted by atomic mass is 10.1. The van der Waals surface area contributed by atoms with E-state index in [0.717, 1.165) is 17.6 Å². The molecule has 6 heteroatoms. The summed E-state index contributed by atoms with van der Waals surface area (Å²) in [7, 11) is 0. The van der Waals surface area contributed by atoms with Gasteiger partial charge in [0.25, 0.3) is 5.91 Å². The molecule has 1 aliphatic heterocycles. The number of carbonyl (C=O) groups is 1. The first-order valence-electron chi connectivity index (χ1n) is 6.99. The first-order valence-corrected chi connectivity index (χ1v) is 7.78. The highest BCUT2D eigenvalue weighted by Crippen LogP contribution is 2.24. The number of halogens is 1. The molecule has 1 heterocycles. The highest BCUT2D eigenvalue weighted by molar-refractivity contribution is 9.10. The molecule has 2 rings (SSSR count). The van der Waals surface area contributed by atoms with Crippen LogP contribution in [0, 0.1) is 0 Å². The van der Waals surface area contributed by atoms with Crippen molar-refractivity contribution in [3.63, 3.8) is 0 Å². The van der Waals surface area contributed by atoms with Crippen LogP contribution in [0.3, 0.4) is 0 Å². The van der Waals surface area contributed by atoms with Gasteiger partial charge in [-0.15, -0.1) is 0 Å². The van der Waals surface area contributed by atoms with Crippen LogP contribution in [-0.2, 0) is 0 Å². The Morgan fingerprint density at radius 3 is 2.43 bits per heavy atom. The monoisotopic (exact) mass is 356 g/mol. The zero-order chi connectivity index (χ0) is 15.6. The first-order chi connectivity index (χ1) is 9.76. The van der Waals surface area contributed by atoms with Gasteiger partial charge in [-0.25, -0.2) is 0 Å². The fourth-order valence-electron chi connectivity index (χ4n) is 2.51. The fraction of sp³-hybridized carbons (Fsp3) is 0.533. The van der Waals surface area contributed by atoms with Crippen molar-refractivity contribution in [3.05, 3.63) is 28.2 Å². The van der Waals surface area contributed by atoms with Crippen LogP contribution in [0.2, 0.25) is 0 Å². The number of hydrogen-bond acceptors (Lipinski definition) is 4. The van der Waals surface area contributed by atoms with Gasteiger partial charge < -0.3 is 15.1 Å². The molecule has 5 nitrogen and oxygen atoms in total. The molecule has 0 radical (unpaired) electrons. The van der Waals surface area contributed by atoms with E-state index in [4.69, 9.17) is 0 Å². The minimum Gasteiger partial charge on any atom is -0.507 e. The number of amides is 1. The second-order valence-corrected chi connectivity index (χ2v) is 6.96. The van der Waals surface area contributed by atoms with Gasteiger partial charge >= 0.3 is 0 Å². The van der Waals surface area contributed by atoms with E-state index < -0.39 is 5.60 Å². The maximum atomic E-state index is 12.4. The summed E-state index contributed by atoms with van der Waals surface area (Å²) >= 11 is 3.26. The lowest BCUT2D eigenvalue weighted by Crippen LogP contribution is -2.52. The zero-order valence-corrected chi connectivity index (χ0v) is 13.9. The Morgan fingerprint density at radius 1 is 1.29 bits per heavy atom. The lowest BCUT2D eigenvalue weighted by Gasteiger charge is -2.37. The van der Waals surface area contributed by atoms with E-state index in [1.165, 1.54) is 6.07 Å². The van der Waals surface area contributed by atoms with E-state index in [0.29, 0.717) is 25.2 Å². The van der Waals surface area contributed by atoms with Gasteiger partial charge in [-0.1, -0.05) is 15.9 Å². The first kappa shape index (κ1) is 16.3. The third-order valence-electron chi connectivity index (χ3n) is 3.46. The molecule has 0 spiro atoms. The number of phenolic OH excluding ortho intramolecular Hbond substituents is 1. The van der Waals surface area contributed by atoms with E-state index in [2.05, 4.69) is 20.8 Å². The molecule has 21 heavy (non-hydrogen) atoms. The Kier molecular flexibility index (Phi) is 4.91. The maximum Gasteiger partial charge on any atom is 0.257 e. The van der Waals surface area contributed by atoms with Crippen molar-refractivity contribution in [2.45, 2.75) is 19.4 Å². The van der Waals surface area contributed by atoms with E-state index in [1.54, 1.807) is 30.9 Å². The number of phenols is 1. The van der Waals surface area contributed by atoms with E-state index >= 15 is 0 Å². The third-order valence-corrected chi connectivity index (χ3v) is 3.95. The molecule has 0 unspecified atom stereocenters. The van der Waals surface area contributed by atoms with Gasteiger partial charge in [0.05, 0.1) is 11.2 Å². The van der Waals surface area contributed by atoms with Crippen LogP contribution in [0.15, 0.2) is 22.7 Å². The standard InChI is InChI=1S/C15H21BrN2O3/c1-15(2,21)10-17-5-7-18(8-6-17)14(20)12-4-3-11(16)9-13(12)19/h3-4,9,19,21H,5-8,10H2,1-2H3. The Hall–Kier alpha value is -1.11. The summed E-state index contributed by atoms with van der Waals surface area (Å²) in [5, 5.41) is 19.7. The van der Waals surface area contributed by atoms with E-state index in [9.17, 15) is 15.0 Å². The highest BCUT2D eigenvalue weighted by Gasteiger charge is 2.26. The average molecular weight is 357 g/mol. The van der Waals surface area contributed by atoms with Crippen LogP contribution >= 0.6 is 15.9 Å². The second-order valence-electron chi connectivity index (χ2n) is 6.04. The number of rotatable bonds is 3. The number of hydrogen-bond donors (Lipinski definition) is 2. The van der Waals surface area contributed by atoms with Crippen LogP contribution in [0.5, 0.6) is 5.75 Å². The summed E-state index contributed by atoms with van der Waals surface area (Å²) < 4.78 is 0.742. The van der Waals surface area contributed by atoms with Gasteiger partial charge in [-0.2, -0.15) is 0 Å². The molecule has 1 aromatic rings. The molecule has 0 aliphatic carbocycles. The van der Waals surface area contributed by atoms with Crippen LogP contribution < -0.4 is 0 Å². The molecule has 1 aromatic carbocycles. The van der Waals surface area contributed by atoms with Crippen molar-refractivity contribution in [2.75, 3.05) is 32.7 Å². The van der Waals surface area contributed by atoms with Gasteiger partial charge in [0, 0.05) is 37.2 Å². The van der Waals surface area contributed by atoms with Crippen molar-refractivity contribution in [2.24, 2.45) is 0 Å². The predicted molar refractivity (Wildman–Crippen MR) is 84.4 cm³/mol. The summed E-state index contributed by atoms with van der Waals surface area (Å²) in [4.78, 5) is 16.3. The summed E-state index contributed by atoms with van der Waals surface area (Å²) in [5.41, 5.74) is -0.398. The number of aliphatic hydroxyl groups is 1. The van der Waals surface area contributed by atoms with Gasteiger partial charge in [0.1, 0.15) is 5.75 Å². The highest BCUT2D eigenvalue weighted by atomic mass is 79.9. The summed E-state index contributed by atoms with van der Waals surface area (Å²) in [5.74, 6) is -0.156. The minimum absolute atomic E-state index is 0.00621. The molecular formula is C15H21BrN2O3. The summed E-state index contributed by atoms with van der Waals surface area (Å²) in [6.45, 7) is 6.82. The lowest BCUT2D eigenvalue weighted by molar-refractivity contribution is 0.0178. The largest absolute Gasteiger partial charge is 0.507 e. The summed E-state index contributed by atoms with van der Waals surface area (Å²) in [6.07, 6.45) is 0. The second kappa shape index (κ2) is 6.34. The van der Waals surface area contributed by atoms with Gasteiger partial charge in [0.2, 0.25) is 0 Å². The fourth-order valence-corrected chi connectivity index (χ4v) is 2.86. The van der Waals surface area contributed by atoms with Crippen molar-refractivity contribution in [3.8, 4) is 5.75 Å². The van der Waals surface area contributed by atoms with Crippen molar-refractivity contribution >= 4 is 21.8 Å². The van der Waals surface area contributed by atoms with Gasteiger partial charge in [0.15, 0.2) is 0 Å². The van der Waals surface area contributed by atoms with Crippen LogP contribution in [0.1, 0.15) is 24.2 Å². The molecule has 0 atom stereocenters. The maximum absolute atomic E-state index is 12.4. The SMILES string of the molecule is CC(C)(O)CN1CCN(C(=O)c2ccc(Br)cc2O)CC1. The number of β-amino-alcohol motifs (C(OH)–C–C–N with tert-alkyl or cyclic N) is 1. The van der Waals surface area contributed by atoms with Crippen LogP contribution in [-0.4, -0.2) is 64.2 Å². The number of carbonyl (C=O) groups excluding carboxylic acids is 1. The zero-order valence-electron chi connectivity index (χ0n) is 12.3. The molecule has 1 saturated heterocycles. The Morgan fingerprint density at radius 2 is 1.90 bits per heavy atom. The minimum atomic E-state index is -0.726. The Bertz CT molecular complexity index is 520. The smallest absolute Gasteiger partial charge is 0.257 e. The summed E-state index contributed by atoms with van der Waals surface area (Å²) in [6, 6.07) is 4.90. The van der Waals surface area contributed by atoms with E-state index in [1.807, 2.05) is 0 Å². The van der Waals surface area contributed by atoms with Crippen LogP contribution in [0.25, 0.3) is 0 Å². The number of benzene rings is 1. The Balaban J connectivity index is 1.97. The van der Waals surface area contributed by atoms with Gasteiger partial charge in [-0.05, 0) is 32.0 Å². The predicted octanol–water partition coefficient (Wildman–Crippen LogP) is 1.68. The normalized spacial score (nSPS) is 17.0. The molecular weight excluding hydrogens is 336 g/mol. The van der Waals surface area contributed by atoms with Crippen LogP contribution in [0.4, 0.5) is 0 Å². The van der Waals surface area contributed by atoms with Crippen molar-refractivity contribution in [1.82, 2.24) is 9.80 Å². The number of nitrogens with zero attached hydrogens (tertiary/aromatic N) is 2. The molecule has 0 aromatic heterocycles. The van der Waals surface area contributed by atoms with E-state index in [-0.39, 0.29) is 11.7 Å². The van der Waals surface area contributed by atoms with Crippen molar-refractivity contribution in [1.29, 1.82) is 0 Å². The third kappa shape index (κ3) is 4.43. The topological polar surface area (TPSA) is 64.0 Å². The van der Waals surface area contributed by atoms with Gasteiger partial charge in [-0.3, -0.25) is 9.69 Å².